The van der Waals surface area contributed by atoms with E-state index in [0.717, 1.165) is 29.2 Å². The quantitative estimate of drug-likeness (QED) is 0.741. The van der Waals surface area contributed by atoms with E-state index in [1.807, 2.05) is 30.3 Å². The van der Waals surface area contributed by atoms with Gasteiger partial charge in [0.2, 0.25) is 0 Å². The third-order valence-electron chi connectivity index (χ3n) is 3.19. The molecule has 1 heterocycles. The van der Waals surface area contributed by atoms with Crippen molar-refractivity contribution >= 4 is 16.7 Å². The summed E-state index contributed by atoms with van der Waals surface area (Å²) in [6, 6.07) is 18.4. The van der Waals surface area contributed by atoms with Crippen LogP contribution < -0.4 is 10.1 Å². The van der Waals surface area contributed by atoms with Crippen LogP contribution in [-0.4, -0.2) is 12.1 Å². The van der Waals surface area contributed by atoms with Crippen molar-refractivity contribution in [2.24, 2.45) is 0 Å². The lowest BCUT2D eigenvalue weighted by atomic mass is 10.2. The van der Waals surface area contributed by atoms with Gasteiger partial charge >= 0.3 is 0 Å². The number of methoxy groups -OCH3 is 1. The Morgan fingerprint density at radius 1 is 1.05 bits per heavy atom. The molecule has 1 aromatic heterocycles. The molecular weight excluding hydrogens is 236 g/mol. The molecule has 0 aliphatic heterocycles. The van der Waals surface area contributed by atoms with E-state index in [-0.39, 0.29) is 0 Å². The summed E-state index contributed by atoms with van der Waals surface area (Å²) < 4.78 is 5.34. The number of hydrogen-bond donors (Lipinski definition) is 2. The first-order valence-electron chi connectivity index (χ1n) is 6.30. The molecular formula is C16H16N2O. The Morgan fingerprint density at radius 3 is 2.68 bits per heavy atom. The minimum Gasteiger partial charge on any atom is -0.496 e. The molecule has 0 amide bonds. The number of H-pyrrole nitrogens is 1. The summed E-state index contributed by atoms with van der Waals surface area (Å²) in [5.41, 5.74) is 2.29. The summed E-state index contributed by atoms with van der Waals surface area (Å²) in [7, 11) is 1.70. The van der Waals surface area contributed by atoms with Crippen LogP contribution in [0.1, 0.15) is 5.56 Å². The molecule has 0 aliphatic rings. The molecule has 3 aromatic rings. The van der Waals surface area contributed by atoms with Gasteiger partial charge in [0.15, 0.2) is 0 Å². The van der Waals surface area contributed by atoms with Crippen molar-refractivity contribution in [2.75, 3.05) is 12.4 Å². The number of nitrogens with one attached hydrogen (secondary N) is 2. The smallest absolute Gasteiger partial charge is 0.123 e. The Morgan fingerprint density at radius 2 is 1.84 bits per heavy atom. The van der Waals surface area contributed by atoms with E-state index in [2.05, 4.69) is 34.6 Å². The number of aromatic nitrogens is 1. The molecule has 0 radical (unpaired) electrons. The van der Waals surface area contributed by atoms with Crippen molar-refractivity contribution in [3.05, 3.63) is 60.2 Å². The van der Waals surface area contributed by atoms with Gasteiger partial charge in [0.1, 0.15) is 11.6 Å². The maximum Gasteiger partial charge on any atom is 0.123 e. The minimum atomic E-state index is 0.733. The van der Waals surface area contributed by atoms with Gasteiger partial charge in [-0.3, -0.25) is 0 Å². The monoisotopic (exact) mass is 252 g/mol. The van der Waals surface area contributed by atoms with E-state index >= 15 is 0 Å². The third-order valence-corrected chi connectivity index (χ3v) is 3.19. The van der Waals surface area contributed by atoms with Crippen LogP contribution in [0.15, 0.2) is 54.6 Å². The van der Waals surface area contributed by atoms with Crippen molar-refractivity contribution in [3.63, 3.8) is 0 Å². The number of rotatable bonds is 4. The molecule has 0 saturated carbocycles. The Hall–Kier alpha value is -2.42. The molecule has 0 bridgehead atoms. The molecule has 3 nitrogen and oxygen atoms in total. The fourth-order valence-corrected chi connectivity index (χ4v) is 2.21. The molecule has 0 saturated heterocycles. The first-order valence-corrected chi connectivity index (χ1v) is 6.30. The molecule has 0 spiro atoms. The Balaban J connectivity index is 1.78. The van der Waals surface area contributed by atoms with Gasteiger partial charge < -0.3 is 15.0 Å². The average Bonchev–Trinajstić information content (AvgIpc) is 2.88. The molecule has 0 aliphatic carbocycles. The molecule has 96 valence electrons. The highest BCUT2D eigenvalue weighted by molar-refractivity contribution is 5.83. The average molecular weight is 252 g/mol. The first-order chi connectivity index (χ1) is 9.36. The van der Waals surface area contributed by atoms with Gasteiger partial charge in [-0.1, -0.05) is 36.4 Å². The highest BCUT2D eigenvalue weighted by Gasteiger charge is 2.03. The second kappa shape index (κ2) is 5.06. The zero-order valence-corrected chi connectivity index (χ0v) is 10.8. The van der Waals surface area contributed by atoms with Crippen LogP contribution in [0, 0.1) is 0 Å². The van der Waals surface area contributed by atoms with E-state index in [1.54, 1.807) is 7.11 Å². The normalized spacial score (nSPS) is 10.6. The Labute approximate surface area is 112 Å². The largest absolute Gasteiger partial charge is 0.496 e. The Bertz CT molecular complexity index is 655. The number of anilines is 1. The zero-order valence-electron chi connectivity index (χ0n) is 10.8. The van der Waals surface area contributed by atoms with Crippen molar-refractivity contribution in [3.8, 4) is 5.75 Å². The van der Waals surface area contributed by atoms with Crippen molar-refractivity contribution in [2.45, 2.75) is 6.54 Å². The standard InChI is InChI=1S/C16H16N2O/c1-19-15-9-5-3-7-13(15)11-17-16-10-12-6-2-4-8-14(12)18-16/h2-10,17-18H,11H2,1H3. The van der Waals surface area contributed by atoms with Gasteiger partial charge in [-0.15, -0.1) is 0 Å². The van der Waals surface area contributed by atoms with Gasteiger partial charge in [0.05, 0.1) is 7.11 Å². The molecule has 2 N–H and O–H groups in total. The van der Waals surface area contributed by atoms with Gasteiger partial charge in [-0.25, -0.2) is 0 Å². The van der Waals surface area contributed by atoms with E-state index in [9.17, 15) is 0 Å². The lowest BCUT2D eigenvalue weighted by molar-refractivity contribution is 0.410. The Kier molecular flexibility index (Phi) is 3.11. The summed E-state index contributed by atoms with van der Waals surface area (Å²) in [5.74, 6) is 1.93. The van der Waals surface area contributed by atoms with Gasteiger partial charge in [0.25, 0.3) is 0 Å². The number of hydrogen-bond acceptors (Lipinski definition) is 2. The molecule has 2 aromatic carbocycles. The van der Waals surface area contributed by atoms with Crippen LogP contribution >= 0.6 is 0 Å². The molecule has 0 unspecified atom stereocenters. The van der Waals surface area contributed by atoms with Crippen LogP contribution in [-0.2, 0) is 6.54 Å². The highest BCUT2D eigenvalue weighted by atomic mass is 16.5. The number of ether oxygens (including phenoxy) is 1. The predicted octanol–water partition coefficient (Wildman–Crippen LogP) is 3.79. The third kappa shape index (κ3) is 2.40. The minimum absolute atomic E-state index is 0.733. The number of fused-ring (bicyclic) bond motifs is 1. The fraction of sp³-hybridized carbons (Fsp3) is 0.125. The molecule has 3 rings (SSSR count). The lowest BCUT2D eigenvalue weighted by Gasteiger charge is -2.08. The van der Waals surface area contributed by atoms with Crippen molar-refractivity contribution in [1.82, 2.24) is 4.98 Å². The fourth-order valence-electron chi connectivity index (χ4n) is 2.21. The summed E-state index contributed by atoms with van der Waals surface area (Å²) in [6.45, 7) is 0.733. The summed E-state index contributed by atoms with van der Waals surface area (Å²) in [4.78, 5) is 3.35. The number of aromatic amines is 1. The van der Waals surface area contributed by atoms with Gasteiger partial charge in [0, 0.05) is 23.0 Å². The SMILES string of the molecule is COc1ccccc1CNc1cc2ccccc2[nH]1. The van der Waals surface area contributed by atoms with E-state index in [4.69, 9.17) is 4.74 Å². The molecule has 3 heteroatoms. The van der Waals surface area contributed by atoms with Gasteiger partial charge in [-0.2, -0.15) is 0 Å². The zero-order chi connectivity index (χ0) is 13.1. The van der Waals surface area contributed by atoms with Gasteiger partial charge in [-0.05, 0) is 18.2 Å². The predicted molar refractivity (Wildman–Crippen MR) is 78.6 cm³/mol. The molecule has 19 heavy (non-hydrogen) atoms. The highest BCUT2D eigenvalue weighted by Crippen LogP contribution is 2.21. The number of para-hydroxylation sites is 2. The lowest BCUT2D eigenvalue weighted by Crippen LogP contribution is -2.01. The van der Waals surface area contributed by atoms with E-state index in [0.29, 0.717) is 0 Å². The first kappa shape index (κ1) is 11.7. The second-order valence-corrected chi connectivity index (χ2v) is 4.44. The van der Waals surface area contributed by atoms with Crippen LogP contribution in [0.4, 0.5) is 5.82 Å². The second-order valence-electron chi connectivity index (χ2n) is 4.44. The maximum atomic E-state index is 5.34. The van der Waals surface area contributed by atoms with Crippen LogP contribution in [0.2, 0.25) is 0 Å². The molecule has 0 fully saturated rings. The van der Waals surface area contributed by atoms with Crippen molar-refractivity contribution < 1.29 is 4.74 Å². The summed E-state index contributed by atoms with van der Waals surface area (Å²) in [5, 5.41) is 4.60. The van der Waals surface area contributed by atoms with Crippen LogP contribution in [0.5, 0.6) is 5.75 Å². The summed E-state index contributed by atoms with van der Waals surface area (Å²) >= 11 is 0. The van der Waals surface area contributed by atoms with E-state index in [1.165, 1.54) is 5.39 Å². The maximum absolute atomic E-state index is 5.34. The summed E-state index contributed by atoms with van der Waals surface area (Å²) in [6.07, 6.45) is 0. The number of benzene rings is 2. The van der Waals surface area contributed by atoms with E-state index < -0.39 is 0 Å². The topological polar surface area (TPSA) is 37.0 Å². The molecule has 0 atom stereocenters. The van der Waals surface area contributed by atoms with Crippen molar-refractivity contribution in [1.29, 1.82) is 0 Å². The van der Waals surface area contributed by atoms with Crippen LogP contribution in [0.3, 0.4) is 0 Å². The van der Waals surface area contributed by atoms with Crippen LogP contribution in [0.25, 0.3) is 10.9 Å².